The van der Waals surface area contributed by atoms with Gasteiger partial charge in [0.15, 0.2) is 0 Å². The minimum absolute atomic E-state index is 0.743. The minimum atomic E-state index is 0.743. The SMILES string of the molecule is CN(Cc1cccn1C)CC1CCc2nccn2C1. The van der Waals surface area contributed by atoms with Crippen molar-refractivity contribution in [1.82, 2.24) is 19.0 Å². The van der Waals surface area contributed by atoms with Crippen LogP contribution in [-0.2, 0) is 26.6 Å². The highest BCUT2D eigenvalue weighted by molar-refractivity contribution is 5.06. The fourth-order valence-corrected chi connectivity index (χ4v) is 3.03. The highest BCUT2D eigenvalue weighted by Crippen LogP contribution is 2.20. The fraction of sp³-hybridized carbons (Fsp3) is 0.533. The summed E-state index contributed by atoms with van der Waals surface area (Å²) in [5, 5.41) is 0. The predicted molar refractivity (Wildman–Crippen MR) is 75.8 cm³/mol. The normalized spacial score (nSPS) is 18.8. The van der Waals surface area contributed by atoms with E-state index in [0.29, 0.717) is 0 Å². The van der Waals surface area contributed by atoms with Gasteiger partial charge in [0.2, 0.25) is 0 Å². The van der Waals surface area contributed by atoms with E-state index in [9.17, 15) is 0 Å². The van der Waals surface area contributed by atoms with E-state index in [1.54, 1.807) is 0 Å². The van der Waals surface area contributed by atoms with Crippen LogP contribution in [0, 0.1) is 5.92 Å². The van der Waals surface area contributed by atoms with Gasteiger partial charge in [-0.3, -0.25) is 0 Å². The maximum Gasteiger partial charge on any atom is 0.108 e. The Hall–Kier alpha value is -1.55. The average molecular weight is 258 g/mol. The first-order chi connectivity index (χ1) is 9.22. The first-order valence-electron chi connectivity index (χ1n) is 7.01. The van der Waals surface area contributed by atoms with E-state index in [4.69, 9.17) is 0 Å². The molecule has 4 heteroatoms. The molecule has 1 aliphatic heterocycles. The lowest BCUT2D eigenvalue weighted by Crippen LogP contribution is -2.31. The Bertz CT molecular complexity index is 540. The van der Waals surface area contributed by atoms with Gasteiger partial charge in [-0.1, -0.05) is 0 Å². The molecule has 1 aliphatic rings. The van der Waals surface area contributed by atoms with Crippen LogP contribution in [0.15, 0.2) is 30.7 Å². The van der Waals surface area contributed by atoms with Crippen LogP contribution in [0.3, 0.4) is 0 Å². The lowest BCUT2D eigenvalue weighted by Gasteiger charge is -2.28. The van der Waals surface area contributed by atoms with Gasteiger partial charge in [-0.2, -0.15) is 0 Å². The molecule has 3 heterocycles. The van der Waals surface area contributed by atoms with Gasteiger partial charge >= 0.3 is 0 Å². The van der Waals surface area contributed by atoms with Crippen molar-refractivity contribution in [2.24, 2.45) is 13.0 Å². The van der Waals surface area contributed by atoms with Gasteiger partial charge < -0.3 is 14.0 Å². The van der Waals surface area contributed by atoms with Crippen LogP contribution in [-0.4, -0.2) is 32.6 Å². The molecule has 102 valence electrons. The fourth-order valence-electron chi connectivity index (χ4n) is 3.03. The second-order valence-electron chi connectivity index (χ2n) is 5.71. The zero-order chi connectivity index (χ0) is 13.2. The van der Waals surface area contributed by atoms with E-state index >= 15 is 0 Å². The van der Waals surface area contributed by atoms with Crippen LogP contribution < -0.4 is 0 Å². The van der Waals surface area contributed by atoms with Crippen LogP contribution in [0.2, 0.25) is 0 Å². The average Bonchev–Trinajstić information content (AvgIpc) is 2.98. The molecule has 0 spiro atoms. The summed E-state index contributed by atoms with van der Waals surface area (Å²) in [7, 11) is 4.33. The smallest absolute Gasteiger partial charge is 0.108 e. The van der Waals surface area contributed by atoms with Crippen molar-refractivity contribution in [3.05, 3.63) is 42.2 Å². The van der Waals surface area contributed by atoms with E-state index in [2.05, 4.69) is 57.6 Å². The Morgan fingerprint density at radius 1 is 1.42 bits per heavy atom. The molecule has 0 aliphatic carbocycles. The molecule has 0 radical (unpaired) electrons. The molecule has 2 aromatic rings. The van der Waals surface area contributed by atoms with Crippen LogP contribution >= 0.6 is 0 Å². The number of aromatic nitrogens is 3. The quantitative estimate of drug-likeness (QED) is 0.837. The molecule has 0 N–H and O–H groups in total. The number of aryl methyl sites for hydroxylation is 2. The van der Waals surface area contributed by atoms with Crippen LogP contribution in [0.1, 0.15) is 17.9 Å². The maximum atomic E-state index is 4.39. The number of nitrogens with zero attached hydrogens (tertiary/aromatic N) is 4. The monoisotopic (exact) mass is 258 g/mol. The lowest BCUT2D eigenvalue weighted by molar-refractivity contribution is 0.226. The second-order valence-corrected chi connectivity index (χ2v) is 5.71. The molecule has 0 amide bonds. The summed E-state index contributed by atoms with van der Waals surface area (Å²) in [6.07, 6.45) is 8.52. The third-order valence-corrected chi connectivity index (χ3v) is 4.09. The second kappa shape index (κ2) is 5.21. The molecule has 3 rings (SSSR count). The molecular formula is C15H22N4. The number of hydrogen-bond donors (Lipinski definition) is 0. The van der Waals surface area contributed by atoms with Crippen molar-refractivity contribution in [1.29, 1.82) is 0 Å². The molecule has 0 saturated carbocycles. The van der Waals surface area contributed by atoms with Gasteiger partial charge in [-0.05, 0) is 31.5 Å². The zero-order valence-electron chi connectivity index (χ0n) is 11.8. The number of fused-ring (bicyclic) bond motifs is 1. The molecule has 0 bridgehead atoms. The van der Waals surface area contributed by atoms with Crippen LogP contribution in [0.5, 0.6) is 0 Å². The highest BCUT2D eigenvalue weighted by atomic mass is 15.1. The van der Waals surface area contributed by atoms with Crippen LogP contribution in [0.25, 0.3) is 0 Å². The molecular weight excluding hydrogens is 236 g/mol. The summed E-state index contributed by atoms with van der Waals surface area (Å²) >= 11 is 0. The van der Waals surface area contributed by atoms with Gasteiger partial charge in [0.05, 0.1) is 0 Å². The molecule has 4 nitrogen and oxygen atoms in total. The van der Waals surface area contributed by atoms with E-state index in [0.717, 1.165) is 32.0 Å². The van der Waals surface area contributed by atoms with Crippen molar-refractivity contribution in [3.63, 3.8) is 0 Å². The summed E-state index contributed by atoms with van der Waals surface area (Å²) in [5.74, 6) is 1.99. The molecule has 0 fully saturated rings. The molecule has 1 unspecified atom stereocenters. The molecule has 0 saturated heterocycles. The molecule has 1 atom stereocenters. The van der Waals surface area contributed by atoms with Crippen molar-refractivity contribution in [2.45, 2.75) is 25.9 Å². The number of hydrogen-bond acceptors (Lipinski definition) is 2. The van der Waals surface area contributed by atoms with E-state index in [1.807, 2.05) is 6.20 Å². The van der Waals surface area contributed by atoms with Gasteiger partial charge in [0.1, 0.15) is 5.82 Å². The van der Waals surface area contributed by atoms with Crippen molar-refractivity contribution >= 4 is 0 Å². The summed E-state index contributed by atoms with van der Waals surface area (Å²) in [6.45, 7) is 3.30. The number of imidazole rings is 1. The van der Waals surface area contributed by atoms with Gasteiger partial charge in [0.25, 0.3) is 0 Å². The Labute approximate surface area is 114 Å². The van der Waals surface area contributed by atoms with E-state index in [-0.39, 0.29) is 0 Å². The highest BCUT2D eigenvalue weighted by Gasteiger charge is 2.20. The Morgan fingerprint density at radius 3 is 3.11 bits per heavy atom. The third kappa shape index (κ3) is 2.73. The first-order valence-corrected chi connectivity index (χ1v) is 7.01. The minimum Gasteiger partial charge on any atom is -0.353 e. The van der Waals surface area contributed by atoms with E-state index < -0.39 is 0 Å². The Balaban J connectivity index is 1.56. The molecule has 2 aromatic heterocycles. The predicted octanol–water partition coefficient (Wildman–Crippen LogP) is 1.92. The summed E-state index contributed by atoms with van der Waals surface area (Å²) in [6, 6.07) is 4.31. The zero-order valence-corrected chi connectivity index (χ0v) is 11.8. The van der Waals surface area contributed by atoms with E-state index in [1.165, 1.54) is 17.9 Å². The van der Waals surface area contributed by atoms with Crippen molar-refractivity contribution < 1.29 is 0 Å². The topological polar surface area (TPSA) is 26.0 Å². The van der Waals surface area contributed by atoms with Crippen molar-refractivity contribution in [2.75, 3.05) is 13.6 Å². The van der Waals surface area contributed by atoms with Gasteiger partial charge in [0, 0.05) is 57.4 Å². The first kappa shape index (κ1) is 12.5. The molecule has 19 heavy (non-hydrogen) atoms. The lowest BCUT2D eigenvalue weighted by atomic mass is 9.99. The largest absolute Gasteiger partial charge is 0.353 e. The Morgan fingerprint density at radius 2 is 2.32 bits per heavy atom. The van der Waals surface area contributed by atoms with Gasteiger partial charge in [-0.25, -0.2) is 4.98 Å². The Kier molecular flexibility index (Phi) is 3.42. The summed E-state index contributed by atoms with van der Waals surface area (Å²) in [5.41, 5.74) is 1.38. The van der Waals surface area contributed by atoms with Crippen molar-refractivity contribution in [3.8, 4) is 0 Å². The van der Waals surface area contributed by atoms with Crippen LogP contribution in [0.4, 0.5) is 0 Å². The summed E-state index contributed by atoms with van der Waals surface area (Å²) < 4.78 is 4.51. The third-order valence-electron chi connectivity index (χ3n) is 4.09. The van der Waals surface area contributed by atoms with Gasteiger partial charge in [-0.15, -0.1) is 0 Å². The maximum absolute atomic E-state index is 4.39. The number of rotatable bonds is 4. The summed E-state index contributed by atoms with van der Waals surface area (Å²) in [4.78, 5) is 6.82. The molecule has 0 aromatic carbocycles. The standard InChI is InChI=1S/C15H22N4/c1-17(12-14-4-3-8-18(14)2)10-13-5-6-15-16-7-9-19(15)11-13/h3-4,7-9,13H,5-6,10-12H2,1-2H3.